The largest absolute Gasteiger partial charge is 0.512 e. The second kappa shape index (κ2) is 8.71. The van der Waals surface area contributed by atoms with Gasteiger partial charge in [-0.15, -0.1) is 0 Å². The number of nitrogens with zero attached hydrogens (tertiary/aromatic N) is 3. The monoisotopic (exact) mass is 500 g/mol. The Morgan fingerprint density at radius 2 is 1.84 bits per heavy atom. The molecule has 2 N–H and O–H groups in total. The van der Waals surface area contributed by atoms with E-state index in [0.29, 0.717) is 30.6 Å². The minimum Gasteiger partial charge on any atom is -0.512 e. The topological polar surface area (TPSA) is 77.8 Å². The summed E-state index contributed by atoms with van der Waals surface area (Å²) in [5, 5.41) is 14.6. The number of carbonyl (C=O) groups excluding carboxylic acids is 2. The molecule has 1 aromatic heterocycles. The third kappa shape index (κ3) is 3.47. The number of benzene rings is 1. The summed E-state index contributed by atoms with van der Waals surface area (Å²) in [5.41, 5.74) is 7.00. The van der Waals surface area contributed by atoms with Crippen LogP contribution >= 0.6 is 0 Å². The Balaban J connectivity index is 1.53. The van der Waals surface area contributed by atoms with Crippen LogP contribution in [0.2, 0.25) is 0 Å². The molecule has 3 heterocycles. The zero-order valence-corrected chi connectivity index (χ0v) is 22.3. The van der Waals surface area contributed by atoms with Crippen molar-refractivity contribution in [1.29, 1.82) is 0 Å². The van der Waals surface area contributed by atoms with Crippen molar-refractivity contribution >= 4 is 28.2 Å². The Morgan fingerprint density at radius 3 is 2.57 bits per heavy atom. The van der Waals surface area contributed by atoms with Gasteiger partial charge in [0.2, 0.25) is 0 Å². The molecule has 37 heavy (non-hydrogen) atoms. The van der Waals surface area contributed by atoms with E-state index in [1.165, 1.54) is 17.3 Å². The van der Waals surface area contributed by atoms with Crippen molar-refractivity contribution in [2.75, 3.05) is 20.1 Å². The average Bonchev–Trinajstić information content (AvgIpc) is 3.46. The summed E-state index contributed by atoms with van der Waals surface area (Å²) in [6, 6.07) is 8.77. The van der Waals surface area contributed by atoms with Gasteiger partial charge in [-0.3, -0.25) is 19.4 Å². The maximum atomic E-state index is 13.2. The molecule has 0 radical (unpaired) electrons. The second-order valence-corrected chi connectivity index (χ2v) is 11.4. The highest BCUT2D eigenvalue weighted by molar-refractivity contribution is 6.16. The number of hydrogen-bond acceptors (Lipinski definition) is 5. The fraction of sp³-hybridized carbons (Fsp3) is 0.467. The van der Waals surface area contributed by atoms with Crippen molar-refractivity contribution in [1.82, 2.24) is 19.7 Å². The molecule has 1 amide bonds. The van der Waals surface area contributed by atoms with Crippen LogP contribution < -0.4 is 5.32 Å². The van der Waals surface area contributed by atoms with Gasteiger partial charge in [0.1, 0.15) is 0 Å². The number of nitrogens with one attached hydrogen (secondary N) is 1. The lowest BCUT2D eigenvalue weighted by atomic mass is 9.80. The molecule has 1 aromatic carbocycles. The molecule has 4 aliphatic rings. The van der Waals surface area contributed by atoms with Crippen molar-refractivity contribution in [2.24, 2.45) is 0 Å². The van der Waals surface area contributed by atoms with E-state index in [1.807, 2.05) is 7.05 Å². The minimum absolute atomic E-state index is 0.0761. The molecule has 0 bridgehead atoms. The standard InChI is InChI=1S/C30H36N4O3/c1-16(2)33(17(3)4)11-8-12-34-22-10-7-6-9-19(22)24-21-15-31-30(37)26(21)25-20-13-18(35)14-23(36)27(20)32(5)28(25)29(24)34/h6-7,9-10,14,16-17,27-28,35H,8,11-13,15H2,1-5H3,(H,31,37). The van der Waals surface area contributed by atoms with E-state index in [9.17, 15) is 14.7 Å². The number of aliphatic hydroxyl groups excluding tert-OH is 1. The Hall–Kier alpha value is -3.16. The molecule has 2 aliphatic carbocycles. The lowest BCUT2D eigenvalue weighted by Crippen LogP contribution is -2.39. The SMILES string of the molecule is CC(C)N(CCCn1c2c(c3ccccc31)C1=C(C(=O)NC1)C1=C3CC(O)=CC(=O)C3N(C)C12)C(C)C. The molecular formula is C30H36N4O3. The van der Waals surface area contributed by atoms with Gasteiger partial charge in [-0.1, -0.05) is 18.2 Å². The Morgan fingerprint density at radius 1 is 1.11 bits per heavy atom. The molecule has 0 fully saturated rings. The molecule has 7 nitrogen and oxygen atoms in total. The summed E-state index contributed by atoms with van der Waals surface area (Å²) in [6.07, 6.45) is 2.66. The molecular weight excluding hydrogens is 464 g/mol. The van der Waals surface area contributed by atoms with Crippen LogP contribution in [0.4, 0.5) is 0 Å². The highest BCUT2D eigenvalue weighted by Gasteiger charge is 2.52. The van der Waals surface area contributed by atoms with Crippen LogP contribution in [-0.4, -0.2) is 69.4 Å². The fourth-order valence-corrected chi connectivity index (χ4v) is 7.27. The van der Waals surface area contributed by atoms with Crippen molar-refractivity contribution in [3.63, 3.8) is 0 Å². The van der Waals surface area contributed by atoms with E-state index in [-0.39, 0.29) is 23.5 Å². The number of ketones is 1. The quantitative estimate of drug-likeness (QED) is 0.624. The number of allylic oxidation sites excluding steroid dienone is 1. The third-order valence-corrected chi connectivity index (χ3v) is 8.63. The number of aryl methyl sites for hydroxylation is 1. The first-order valence-electron chi connectivity index (χ1n) is 13.5. The van der Waals surface area contributed by atoms with Crippen LogP contribution in [0.5, 0.6) is 0 Å². The van der Waals surface area contributed by atoms with Gasteiger partial charge in [0, 0.05) is 66.4 Å². The van der Waals surface area contributed by atoms with Crippen molar-refractivity contribution in [3.8, 4) is 0 Å². The lowest BCUT2D eigenvalue weighted by Gasteiger charge is -2.33. The second-order valence-electron chi connectivity index (χ2n) is 11.4. The predicted molar refractivity (Wildman–Crippen MR) is 145 cm³/mol. The Bertz CT molecular complexity index is 1420. The van der Waals surface area contributed by atoms with Gasteiger partial charge < -0.3 is 15.0 Å². The fourth-order valence-electron chi connectivity index (χ4n) is 7.27. The van der Waals surface area contributed by atoms with E-state index in [1.54, 1.807) is 0 Å². The predicted octanol–water partition coefficient (Wildman–Crippen LogP) is 4.11. The van der Waals surface area contributed by atoms with Crippen LogP contribution in [-0.2, 0) is 16.1 Å². The summed E-state index contributed by atoms with van der Waals surface area (Å²) in [5.74, 6) is -0.116. The van der Waals surface area contributed by atoms with Gasteiger partial charge >= 0.3 is 0 Å². The van der Waals surface area contributed by atoms with Gasteiger partial charge in [0.25, 0.3) is 5.91 Å². The van der Waals surface area contributed by atoms with Crippen molar-refractivity contribution in [2.45, 2.75) is 71.2 Å². The Kier molecular flexibility index (Phi) is 5.69. The number of likely N-dealkylation sites (N-methyl/N-ethyl adjacent to an activating group) is 1. The van der Waals surface area contributed by atoms with E-state index in [0.717, 1.165) is 47.2 Å². The first-order chi connectivity index (χ1) is 17.7. The van der Waals surface area contributed by atoms with Crippen molar-refractivity contribution < 1.29 is 14.7 Å². The number of aliphatic hydroxyl groups is 1. The average molecular weight is 501 g/mol. The van der Waals surface area contributed by atoms with Gasteiger partial charge in [-0.25, -0.2) is 0 Å². The number of hydrogen-bond donors (Lipinski definition) is 2. The number of rotatable bonds is 6. The Labute approximate surface area is 218 Å². The van der Waals surface area contributed by atoms with Gasteiger partial charge in [0.05, 0.1) is 23.4 Å². The molecule has 0 saturated heterocycles. The zero-order valence-electron chi connectivity index (χ0n) is 22.3. The van der Waals surface area contributed by atoms with Crippen molar-refractivity contribution in [3.05, 3.63) is 64.1 Å². The van der Waals surface area contributed by atoms with E-state index >= 15 is 0 Å². The van der Waals surface area contributed by atoms with Crippen LogP contribution in [0.1, 0.15) is 57.8 Å². The third-order valence-electron chi connectivity index (χ3n) is 8.63. The molecule has 7 heteroatoms. The lowest BCUT2D eigenvalue weighted by molar-refractivity contribution is -0.118. The zero-order chi connectivity index (χ0) is 26.2. The minimum atomic E-state index is -0.451. The maximum Gasteiger partial charge on any atom is 0.252 e. The van der Waals surface area contributed by atoms with Gasteiger partial charge in [-0.05, 0) is 63.9 Å². The smallest absolute Gasteiger partial charge is 0.252 e. The summed E-state index contributed by atoms with van der Waals surface area (Å²) < 4.78 is 2.44. The van der Waals surface area contributed by atoms with E-state index < -0.39 is 6.04 Å². The molecule has 194 valence electrons. The van der Waals surface area contributed by atoms with Crippen LogP contribution in [0, 0.1) is 0 Å². The molecule has 2 atom stereocenters. The highest BCUT2D eigenvalue weighted by atomic mass is 16.3. The van der Waals surface area contributed by atoms with E-state index in [4.69, 9.17) is 0 Å². The number of carbonyl (C=O) groups is 2. The van der Waals surface area contributed by atoms with Crippen LogP contribution in [0.15, 0.2) is 52.8 Å². The summed E-state index contributed by atoms with van der Waals surface area (Å²) in [4.78, 5) is 31.0. The molecule has 6 rings (SSSR count). The molecule has 2 unspecified atom stereocenters. The number of aromatic nitrogens is 1. The highest BCUT2D eigenvalue weighted by Crippen LogP contribution is 2.55. The number of para-hydroxylation sites is 1. The molecule has 0 saturated carbocycles. The molecule has 2 aromatic rings. The summed E-state index contributed by atoms with van der Waals surface area (Å²) in [7, 11) is 1.99. The summed E-state index contributed by atoms with van der Waals surface area (Å²) >= 11 is 0. The number of amides is 1. The first kappa shape index (κ1) is 24.2. The van der Waals surface area contributed by atoms with Gasteiger partial charge in [0.15, 0.2) is 5.78 Å². The van der Waals surface area contributed by atoms with Crippen LogP contribution in [0.25, 0.3) is 16.5 Å². The van der Waals surface area contributed by atoms with E-state index in [2.05, 4.69) is 71.6 Å². The van der Waals surface area contributed by atoms with Gasteiger partial charge in [-0.2, -0.15) is 0 Å². The van der Waals surface area contributed by atoms with Crippen LogP contribution in [0.3, 0.4) is 0 Å². The number of fused-ring (bicyclic) bond motifs is 8. The first-order valence-corrected chi connectivity index (χ1v) is 13.5. The molecule has 0 spiro atoms. The maximum absolute atomic E-state index is 13.2. The molecule has 2 aliphatic heterocycles. The normalized spacial score (nSPS) is 23.3. The summed E-state index contributed by atoms with van der Waals surface area (Å²) in [6.45, 7) is 11.3.